The van der Waals surface area contributed by atoms with Crippen molar-refractivity contribution in [2.75, 3.05) is 11.9 Å². The Morgan fingerprint density at radius 1 is 1.32 bits per heavy atom. The van der Waals surface area contributed by atoms with E-state index in [1.165, 1.54) is 0 Å². The second kappa shape index (κ2) is 5.74. The lowest BCUT2D eigenvalue weighted by Crippen LogP contribution is -2.12. The van der Waals surface area contributed by atoms with Gasteiger partial charge in [-0.05, 0) is 30.9 Å². The van der Waals surface area contributed by atoms with Gasteiger partial charge in [0.25, 0.3) is 0 Å². The third kappa shape index (κ3) is 2.97. The van der Waals surface area contributed by atoms with Crippen LogP contribution in [-0.2, 0) is 0 Å². The maximum absolute atomic E-state index is 5.95. The van der Waals surface area contributed by atoms with Crippen molar-refractivity contribution in [1.82, 2.24) is 19.5 Å². The van der Waals surface area contributed by atoms with Crippen LogP contribution < -0.4 is 5.32 Å². The van der Waals surface area contributed by atoms with Gasteiger partial charge in [0.05, 0.1) is 6.33 Å². The van der Waals surface area contributed by atoms with Gasteiger partial charge in [0, 0.05) is 12.6 Å². The van der Waals surface area contributed by atoms with Crippen molar-refractivity contribution < 1.29 is 0 Å². The van der Waals surface area contributed by atoms with Gasteiger partial charge in [-0.25, -0.2) is 4.98 Å². The summed E-state index contributed by atoms with van der Waals surface area (Å²) in [5.74, 6) is 1.30. The molecule has 0 fully saturated rings. The molecule has 1 unspecified atom stereocenters. The van der Waals surface area contributed by atoms with Crippen LogP contribution in [-0.4, -0.2) is 26.1 Å². The number of hydrogen-bond acceptors (Lipinski definition) is 4. The Balaban J connectivity index is 2.49. The summed E-state index contributed by atoms with van der Waals surface area (Å²) in [5, 5.41) is 3.57. The summed E-state index contributed by atoms with van der Waals surface area (Å²) in [6.07, 6.45) is 2.84. The summed E-state index contributed by atoms with van der Waals surface area (Å²) in [6.45, 7) is 9.45. The Morgan fingerprint density at radius 3 is 2.68 bits per heavy atom. The normalized spacial score (nSPS) is 13.2. The third-order valence-corrected chi connectivity index (χ3v) is 3.31. The first kappa shape index (κ1) is 14.1. The fourth-order valence-corrected chi connectivity index (χ4v) is 2.04. The number of nitrogens with one attached hydrogen (secondary N) is 1. The monoisotopic (exact) mass is 281 g/mol. The first-order chi connectivity index (χ1) is 9.02. The predicted molar refractivity (Wildman–Crippen MR) is 78.7 cm³/mol. The van der Waals surface area contributed by atoms with Gasteiger partial charge in [-0.15, -0.1) is 0 Å². The van der Waals surface area contributed by atoms with Crippen molar-refractivity contribution in [3.63, 3.8) is 0 Å². The van der Waals surface area contributed by atoms with Gasteiger partial charge in [-0.1, -0.05) is 20.8 Å². The molecule has 0 aliphatic rings. The molecule has 0 saturated carbocycles. The lowest BCUT2D eigenvalue weighted by molar-refractivity contribution is 0.544. The third-order valence-electron chi connectivity index (χ3n) is 3.14. The smallest absolute Gasteiger partial charge is 0.226 e. The average Bonchev–Trinajstić information content (AvgIpc) is 2.78. The number of hydrogen-bond donors (Lipinski definition) is 1. The van der Waals surface area contributed by atoms with Crippen LogP contribution >= 0.6 is 11.6 Å². The largest absolute Gasteiger partial charge is 0.368 e. The van der Waals surface area contributed by atoms with E-state index in [2.05, 4.69) is 52.5 Å². The van der Waals surface area contributed by atoms with Crippen molar-refractivity contribution in [3.8, 4) is 0 Å². The Labute approximate surface area is 118 Å². The van der Waals surface area contributed by atoms with E-state index >= 15 is 0 Å². The van der Waals surface area contributed by atoms with Crippen LogP contribution in [0.15, 0.2) is 6.33 Å². The van der Waals surface area contributed by atoms with Gasteiger partial charge in [0.2, 0.25) is 5.28 Å². The zero-order valence-electron chi connectivity index (χ0n) is 11.8. The molecule has 0 amide bonds. The molecule has 0 saturated heterocycles. The van der Waals surface area contributed by atoms with E-state index in [9.17, 15) is 0 Å². The van der Waals surface area contributed by atoms with E-state index in [-0.39, 0.29) is 5.28 Å². The summed E-state index contributed by atoms with van der Waals surface area (Å²) < 4.78 is 2.11. The van der Waals surface area contributed by atoms with Crippen molar-refractivity contribution in [2.45, 2.75) is 40.2 Å². The summed E-state index contributed by atoms with van der Waals surface area (Å²) in [6, 6.07) is 0.356. The zero-order valence-corrected chi connectivity index (χ0v) is 12.6. The van der Waals surface area contributed by atoms with E-state index in [1.807, 2.05) is 6.33 Å². The number of imidazole rings is 1. The molecule has 2 heterocycles. The van der Waals surface area contributed by atoms with E-state index in [0.29, 0.717) is 17.6 Å². The highest BCUT2D eigenvalue weighted by Crippen LogP contribution is 2.25. The Hall–Kier alpha value is -1.36. The molecule has 0 bridgehead atoms. The molecule has 1 N–H and O–H groups in total. The van der Waals surface area contributed by atoms with Crippen molar-refractivity contribution in [1.29, 1.82) is 0 Å². The molecule has 1 atom stereocenters. The first-order valence-corrected chi connectivity index (χ1v) is 7.04. The molecule has 2 rings (SSSR count). The molecular weight excluding hydrogens is 262 g/mol. The standard InChI is InChI=1S/C13H20ClN5/c1-5-9(4)19-7-16-12-10(19)11(15-6-8(2)3)17-13(14)18-12/h7-9H,5-6H2,1-4H3,(H,15,17,18). The number of anilines is 1. The van der Waals surface area contributed by atoms with Gasteiger partial charge < -0.3 is 9.88 Å². The molecule has 19 heavy (non-hydrogen) atoms. The Kier molecular flexibility index (Phi) is 4.24. The second-order valence-corrected chi connectivity index (χ2v) is 5.54. The van der Waals surface area contributed by atoms with E-state index < -0.39 is 0 Å². The lowest BCUT2D eigenvalue weighted by Gasteiger charge is -2.15. The van der Waals surface area contributed by atoms with E-state index in [0.717, 1.165) is 24.3 Å². The molecule has 104 valence electrons. The maximum atomic E-state index is 5.95. The van der Waals surface area contributed by atoms with Crippen molar-refractivity contribution in [2.24, 2.45) is 5.92 Å². The van der Waals surface area contributed by atoms with Crippen LogP contribution in [0, 0.1) is 5.92 Å². The average molecular weight is 282 g/mol. The van der Waals surface area contributed by atoms with Crippen LogP contribution in [0.25, 0.3) is 11.2 Å². The topological polar surface area (TPSA) is 55.6 Å². The van der Waals surface area contributed by atoms with Crippen molar-refractivity contribution >= 4 is 28.6 Å². The van der Waals surface area contributed by atoms with E-state index in [1.54, 1.807) is 0 Å². The fourth-order valence-electron chi connectivity index (χ4n) is 1.87. The quantitative estimate of drug-likeness (QED) is 0.852. The molecule has 0 spiro atoms. The highest BCUT2D eigenvalue weighted by atomic mass is 35.5. The summed E-state index contributed by atoms with van der Waals surface area (Å²) in [4.78, 5) is 12.8. The van der Waals surface area contributed by atoms with Crippen molar-refractivity contribution in [3.05, 3.63) is 11.6 Å². The molecule has 0 aliphatic carbocycles. The zero-order chi connectivity index (χ0) is 14.0. The number of nitrogens with zero attached hydrogens (tertiary/aromatic N) is 4. The lowest BCUT2D eigenvalue weighted by atomic mass is 10.2. The Bertz CT molecular complexity index is 563. The van der Waals surface area contributed by atoms with Gasteiger partial charge in [0.1, 0.15) is 5.52 Å². The highest BCUT2D eigenvalue weighted by Gasteiger charge is 2.15. The molecule has 0 radical (unpaired) electrons. The van der Waals surface area contributed by atoms with Crippen LogP contribution in [0.2, 0.25) is 5.28 Å². The fraction of sp³-hybridized carbons (Fsp3) is 0.615. The van der Waals surface area contributed by atoms with Gasteiger partial charge >= 0.3 is 0 Å². The minimum Gasteiger partial charge on any atom is -0.368 e. The van der Waals surface area contributed by atoms with E-state index in [4.69, 9.17) is 11.6 Å². The molecule has 5 nitrogen and oxygen atoms in total. The Morgan fingerprint density at radius 2 is 2.05 bits per heavy atom. The minimum atomic E-state index is 0.230. The molecule has 0 aromatic carbocycles. The van der Waals surface area contributed by atoms with Crippen LogP contribution in [0.4, 0.5) is 5.82 Å². The first-order valence-electron chi connectivity index (χ1n) is 6.66. The SMILES string of the molecule is CCC(C)n1cnc2nc(Cl)nc(NCC(C)C)c21. The van der Waals surface area contributed by atoms with Crippen LogP contribution in [0.5, 0.6) is 0 Å². The van der Waals surface area contributed by atoms with Gasteiger partial charge in [0.15, 0.2) is 11.5 Å². The molecule has 6 heteroatoms. The number of aromatic nitrogens is 4. The second-order valence-electron chi connectivity index (χ2n) is 5.20. The molecule has 2 aromatic rings. The van der Waals surface area contributed by atoms with Gasteiger partial charge in [-0.3, -0.25) is 0 Å². The summed E-state index contributed by atoms with van der Waals surface area (Å²) >= 11 is 5.95. The number of fused-ring (bicyclic) bond motifs is 1. The predicted octanol–water partition coefficient (Wildman–Crippen LogP) is 3.52. The van der Waals surface area contributed by atoms with Crippen LogP contribution in [0.1, 0.15) is 40.2 Å². The van der Waals surface area contributed by atoms with Crippen LogP contribution in [0.3, 0.4) is 0 Å². The number of halogens is 1. The molecule has 2 aromatic heterocycles. The number of rotatable bonds is 5. The van der Waals surface area contributed by atoms with Gasteiger partial charge in [-0.2, -0.15) is 9.97 Å². The summed E-state index contributed by atoms with van der Waals surface area (Å²) in [7, 11) is 0. The molecule has 0 aliphatic heterocycles. The summed E-state index contributed by atoms with van der Waals surface area (Å²) in [5.41, 5.74) is 1.57. The minimum absolute atomic E-state index is 0.230. The maximum Gasteiger partial charge on any atom is 0.226 e. The molecular formula is C13H20ClN5. The highest BCUT2D eigenvalue weighted by molar-refractivity contribution is 6.28.